The van der Waals surface area contributed by atoms with Gasteiger partial charge in [0.1, 0.15) is 17.1 Å². The zero-order valence-corrected chi connectivity index (χ0v) is 19.0. The van der Waals surface area contributed by atoms with Crippen LogP contribution in [-0.4, -0.2) is 75.6 Å². The Morgan fingerprint density at radius 2 is 1.88 bits per heavy atom. The lowest BCUT2D eigenvalue weighted by Crippen LogP contribution is -2.35. The molecule has 174 valence electrons. The summed E-state index contributed by atoms with van der Waals surface area (Å²) < 4.78 is 34.3. The van der Waals surface area contributed by atoms with Crippen molar-refractivity contribution in [2.24, 2.45) is 7.05 Å². The standard InChI is InChI=1S/C20H27N5O6S/c1-4-15-17-18(24(3)23-15)20(28)22-19(21-17)14-12-13(6-7-16(14)31-5-2)32(29,30)25(8-10-26)9-11-27/h6-7,12,26-27H,4-5,8-11H2,1-3H3,(H,21,22,28). The smallest absolute Gasteiger partial charge is 0.277 e. The maximum atomic E-state index is 13.1. The lowest BCUT2D eigenvalue weighted by Gasteiger charge is -2.21. The Balaban J connectivity index is 2.23. The van der Waals surface area contributed by atoms with Crippen molar-refractivity contribution in [3.05, 3.63) is 34.2 Å². The molecule has 0 aliphatic rings. The molecule has 0 unspecified atom stereocenters. The fraction of sp³-hybridized carbons (Fsp3) is 0.450. The van der Waals surface area contributed by atoms with E-state index in [0.29, 0.717) is 41.1 Å². The predicted octanol–water partition coefficient (Wildman–Crippen LogP) is 0.260. The van der Waals surface area contributed by atoms with Crippen LogP contribution in [0.5, 0.6) is 5.75 Å². The molecule has 12 heteroatoms. The molecule has 0 amide bonds. The molecule has 32 heavy (non-hydrogen) atoms. The first-order valence-electron chi connectivity index (χ1n) is 10.2. The Kier molecular flexibility index (Phi) is 7.29. The number of benzene rings is 1. The number of sulfonamides is 1. The number of aliphatic hydroxyl groups is 2. The number of nitrogens with one attached hydrogen (secondary N) is 1. The summed E-state index contributed by atoms with van der Waals surface area (Å²) >= 11 is 0. The number of nitrogens with zero attached hydrogens (tertiary/aromatic N) is 4. The molecule has 0 aliphatic heterocycles. The van der Waals surface area contributed by atoms with Gasteiger partial charge in [-0.2, -0.15) is 9.40 Å². The van der Waals surface area contributed by atoms with Gasteiger partial charge in [-0.3, -0.25) is 9.48 Å². The van der Waals surface area contributed by atoms with Gasteiger partial charge >= 0.3 is 0 Å². The van der Waals surface area contributed by atoms with Gasteiger partial charge in [0.2, 0.25) is 10.0 Å². The average molecular weight is 466 g/mol. The van der Waals surface area contributed by atoms with Crippen molar-refractivity contribution in [3.63, 3.8) is 0 Å². The zero-order valence-electron chi connectivity index (χ0n) is 18.2. The molecule has 0 fully saturated rings. The van der Waals surface area contributed by atoms with Crippen molar-refractivity contribution in [2.75, 3.05) is 32.9 Å². The van der Waals surface area contributed by atoms with E-state index in [1.165, 1.54) is 22.9 Å². The number of hydrogen-bond acceptors (Lipinski definition) is 8. The zero-order chi connectivity index (χ0) is 23.5. The van der Waals surface area contributed by atoms with Crippen molar-refractivity contribution in [1.29, 1.82) is 0 Å². The van der Waals surface area contributed by atoms with Crippen LogP contribution in [0.2, 0.25) is 0 Å². The molecule has 2 heterocycles. The van der Waals surface area contributed by atoms with Gasteiger partial charge < -0.3 is 19.9 Å². The number of aromatic amines is 1. The lowest BCUT2D eigenvalue weighted by molar-refractivity contribution is 0.217. The van der Waals surface area contributed by atoms with Gasteiger partial charge in [0, 0.05) is 20.1 Å². The van der Waals surface area contributed by atoms with Crippen molar-refractivity contribution in [2.45, 2.75) is 25.2 Å². The molecule has 0 spiro atoms. The van der Waals surface area contributed by atoms with E-state index in [0.717, 1.165) is 4.31 Å². The summed E-state index contributed by atoms with van der Waals surface area (Å²) in [6, 6.07) is 4.24. The van der Waals surface area contributed by atoms with Crippen LogP contribution in [-0.2, 0) is 23.5 Å². The fourth-order valence-electron chi connectivity index (χ4n) is 3.47. The number of hydrogen-bond donors (Lipinski definition) is 3. The maximum Gasteiger partial charge on any atom is 0.277 e. The van der Waals surface area contributed by atoms with Gasteiger partial charge in [0.15, 0.2) is 5.52 Å². The second-order valence-corrected chi connectivity index (χ2v) is 8.92. The van der Waals surface area contributed by atoms with Crippen LogP contribution in [0.3, 0.4) is 0 Å². The van der Waals surface area contributed by atoms with E-state index >= 15 is 0 Å². The number of rotatable bonds is 10. The van der Waals surface area contributed by atoms with E-state index in [1.54, 1.807) is 14.0 Å². The molecule has 2 aromatic heterocycles. The predicted molar refractivity (Wildman–Crippen MR) is 118 cm³/mol. The second-order valence-electron chi connectivity index (χ2n) is 6.98. The SMILES string of the molecule is CCOc1ccc(S(=O)(=O)N(CCO)CCO)cc1-c1nc2c(CC)nn(C)c2c(=O)[nH]1. The van der Waals surface area contributed by atoms with E-state index < -0.39 is 28.8 Å². The first kappa shape index (κ1) is 23.9. The summed E-state index contributed by atoms with van der Waals surface area (Å²) in [5.74, 6) is 0.508. The summed E-state index contributed by atoms with van der Waals surface area (Å²) in [6.45, 7) is 2.89. The highest BCUT2D eigenvalue weighted by Gasteiger charge is 2.26. The Morgan fingerprint density at radius 3 is 2.47 bits per heavy atom. The Bertz CT molecular complexity index is 1260. The Labute approximate surface area is 185 Å². The maximum absolute atomic E-state index is 13.1. The highest BCUT2D eigenvalue weighted by atomic mass is 32.2. The van der Waals surface area contributed by atoms with Gasteiger partial charge in [0.25, 0.3) is 5.56 Å². The molecule has 0 bridgehead atoms. The topological polar surface area (TPSA) is 151 Å². The van der Waals surface area contributed by atoms with Crippen LogP contribution < -0.4 is 10.3 Å². The van der Waals surface area contributed by atoms with Crippen LogP contribution in [0, 0.1) is 0 Å². The summed E-state index contributed by atoms with van der Waals surface area (Å²) in [6.07, 6.45) is 0.567. The van der Waals surface area contributed by atoms with Gasteiger partial charge in [-0.05, 0) is 31.5 Å². The van der Waals surface area contributed by atoms with E-state index in [9.17, 15) is 23.4 Å². The molecule has 0 atom stereocenters. The van der Waals surface area contributed by atoms with Crippen molar-refractivity contribution < 1.29 is 23.4 Å². The van der Waals surface area contributed by atoms with Crippen molar-refractivity contribution in [3.8, 4) is 17.1 Å². The molecule has 11 nitrogen and oxygen atoms in total. The molecule has 0 radical (unpaired) electrons. The average Bonchev–Trinajstić information content (AvgIpc) is 3.10. The van der Waals surface area contributed by atoms with Crippen LogP contribution in [0.4, 0.5) is 0 Å². The molecular formula is C20H27N5O6S. The molecule has 0 saturated carbocycles. The van der Waals surface area contributed by atoms with E-state index in [1.807, 2.05) is 6.92 Å². The molecule has 3 rings (SSSR count). The van der Waals surface area contributed by atoms with E-state index in [2.05, 4.69) is 15.1 Å². The minimum absolute atomic E-state index is 0.0810. The number of H-pyrrole nitrogens is 1. The number of aromatic nitrogens is 4. The highest BCUT2D eigenvalue weighted by Crippen LogP contribution is 2.32. The molecule has 3 N–H and O–H groups in total. The van der Waals surface area contributed by atoms with Gasteiger partial charge in [-0.25, -0.2) is 13.4 Å². The number of fused-ring (bicyclic) bond motifs is 1. The van der Waals surface area contributed by atoms with Crippen LogP contribution >= 0.6 is 0 Å². The molecule has 0 aliphatic carbocycles. The summed E-state index contributed by atoms with van der Waals surface area (Å²) in [7, 11) is -2.37. The monoisotopic (exact) mass is 465 g/mol. The lowest BCUT2D eigenvalue weighted by atomic mass is 10.1. The normalized spacial score (nSPS) is 12.1. The first-order valence-corrected chi connectivity index (χ1v) is 11.7. The van der Waals surface area contributed by atoms with Gasteiger partial charge in [0.05, 0.1) is 36.0 Å². The molecule has 3 aromatic rings. The number of ether oxygens (including phenoxy) is 1. The number of aliphatic hydroxyl groups excluding tert-OH is 2. The minimum atomic E-state index is -4.03. The molecular weight excluding hydrogens is 438 g/mol. The third kappa shape index (κ3) is 4.39. The van der Waals surface area contributed by atoms with Crippen LogP contribution in [0.1, 0.15) is 19.5 Å². The summed E-state index contributed by atoms with van der Waals surface area (Å²) in [4.78, 5) is 20.0. The second kappa shape index (κ2) is 9.77. The van der Waals surface area contributed by atoms with Gasteiger partial charge in [-0.15, -0.1) is 0 Å². The quantitative estimate of drug-likeness (QED) is 0.386. The largest absolute Gasteiger partial charge is 0.493 e. The third-order valence-electron chi connectivity index (χ3n) is 4.94. The summed E-state index contributed by atoms with van der Waals surface area (Å²) in [5.41, 5.74) is 1.30. The highest BCUT2D eigenvalue weighted by molar-refractivity contribution is 7.89. The molecule has 0 saturated heterocycles. The Morgan fingerprint density at radius 1 is 1.19 bits per heavy atom. The van der Waals surface area contributed by atoms with Crippen molar-refractivity contribution in [1.82, 2.24) is 24.1 Å². The summed E-state index contributed by atoms with van der Waals surface area (Å²) in [5, 5.41) is 22.8. The Hall–Kier alpha value is -2.80. The minimum Gasteiger partial charge on any atom is -0.493 e. The van der Waals surface area contributed by atoms with Crippen molar-refractivity contribution >= 4 is 21.1 Å². The fourth-order valence-corrected chi connectivity index (χ4v) is 4.92. The first-order chi connectivity index (χ1) is 15.3. The van der Waals surface area contributed by atoms with Crippen LogP contribution in [0.15, 0.2) is 27.9 Å². The number of aryl methyl sites for hydroxylation is 2. The third-order valence-corrected chi connectivity index (χ3v) is 6.83. The van der Waals surface area contributed by atoms with E-state index in [4.69, 9.17) is 4.74 Å². The van der Waals surface area contributed by atoms with E-state index in [-0.39, 0.29) is 23.8 Å². The van der Waals surface area contributed by atoms with Gasteiger partial charge in [-0.1, -0.05) is 6.92 Å². The van der Waals surface area contributed by atoms with Crippen LogP contribution in [0.25, 0.3) is 22.4 Å². The molecule has 1 aromatic carbocycles.